The summed E-state index contributed by atoms with van der Waals surface area (Å²) >= 11 is 0. The van der Waals surface area contributed by atoms with Crippen LogP contribution >= 0.6 is 0 Å². The summed E-state index contributed by atoms with van der Waals surface area (Å²) in [5.74, 6) is 0.240. The van der Waals surface area contributed by atoms with Crippen molar-refractivity contribution in [3.63, 3.8) is 0 Å². The lowest BCUT2D eigenvalue weighted by atomic mass is 9.97. The van der Waals surface area contributed by atoms with Crippen LogP contribution in [0.25, 0.3) is 0 Å². The number of anilines is 3. The van der Waals surface area contributed by atoms with Gasteiger partial charge in [0.15, 0.2) is 0 Å². The SMILES string of the molecule is CC[C@H](C)c1ccccc1NC(=O)[C@@H](C)Nc1ccc(NC(=O)CN2CCOCC2)cc1. The molecule has 0 unspecified atom stereocenters. The van der Waals surface area contributed by atoms with Crippen LogP contribution in [0.1, 0.15) is 38.7 Å². The van der Waals surface area contributed by atoms with Gasteiger partial charge in [0, 0.05) is 30.2 Å². The standard InChI is InChI=1S/C25H34N4O3/c1-4-18(2)22-7-5-6-8-23(22)28-25(31)19(3)26-20-9-11-21(12-10-20)27-24(30)17-29-13-15-32-16-14-29/h5-12,18-19,26H,4,13-17H2,1-3H3,(H,27,30)(H,28,31)/t18-,19+/m0/s1. The number of benzene rings is 2. The Morgan fingerprint density at radius 1 is 0.969 bits per heavy atom. The van der Waals surface area contributed by atoms with Crippen LogP contribution in [0.3, 0.4) is 0 Å². The predicted octanol–water partition coefficient (Wildman–Crippen LogP) is 3.91. The summed E-state index contributed by atoms with van der Waals surface area (Å²) in [7, 11) is 0. The van der Waals surface area contributed by atoms with Crippen LogP contribution < -0.4 is 16.0 Å². The minimum atomic E-state index is -0.415. The Morgan fingerprint density at radius 2 is 1.62 bits per heavy atom. The fourth-order valence-corrected chi connectivity index (χ4v) is 3.63. The molecule has 0 spiro atoms. The smallest absolute Gasteiger partial charge is 0.246 e. The number of hydrogen-bond donors (Lipinski definition) is 3. The van der Waals surface area contributed by atoms with E-state index in [4.69, 9.17) is 4.74 Å². The quantitative estimate of drug-likeness (QED) is 0.553. The maximum absolute atomic E-state index is 12.7. The lowest BCUT2D eigenvalue weighted by Gasteiger charge is -2.25. The summed E-state index contributed by atoms with van der Waals surface area (Å²) < 4.78 is 5.31. The van der Waals surface area contributed by atoms with E-state index in [0.29, 0.717) is 25.7 Å². The van der Waals surface area contributed by atoms with E-state index in [1.165, 1.54) is 0 Å². The molecule has 0 radical (unpaired) electrons. The monoisotopic (exact) mass is 438 g/mol. The van der Waals surface area contributed by atoms with Crippen molar-refractivity contribution in [2.24, 2.45) is 0 Å². The van der Waals surface area contributed by atoms with Crippen molar-refractivity contribution in [1.82, 2.24) is 4.90 Å². The van der Waals surface area contributed by atoms with E-state index in [2.05, 4.69) is 40.8 Å². The first-order valence-corrected chi connectivity index (χ1v) is 11.3. The van der Waals surface area contributed by atoms with Crippen molar-refractivity contribution in [3.8, 4) is 0 Å². The van der Waals surface area contributed by atoms with Gasteiger partial charge >= 0.3 is 0 Å². The van der Waals surface area contributed by atoms with E-state index in [1.807, 2.05) is 49.4 Å². The maximum Gasteiger partial charge on any atom is 0.246 e. The molecule has 0 aliphatic carbocycles. The third-order valence-corrected chi connectivity index (χ3v) is 5.78. The summed E-state index contributed by atoms with van der Waals surface area (Å²) in [6.45, 7) is 9.38. The number of hydrogen-bond acceptors (Lipinski definition) is 5. The Bertz CT molecular complexity index is 894. The molecule has 2 aromatic carbocycles. The van der Waals surface area contributed by atoms with Crippen LogP contribution in [0.5, 0.6) is 0 Å². The summed E-state index contributed by atoms with van der Waals surface area (Å²) in [4.78, 5) is 27.1. The molecule has 7 heteroatoms. The largest absolute Gasteiger partial charge is 0.379 e. The van der Waals surface area contributed by atoms with Gasteiger partial charge in [-0.2, -0.15) is 0 Å². The first kappa shape index (κ1) is 23.8. The Hall–Kier alpha value is -2.90. The molecule has 7 nitrogen and oxygen atoms in total. The van der Waals surface area contributed by atoms with E-state index in [9.17, 15) is 9.59 Å². The van der Waals surface area contributed by atoms with Crippen LogP contribution in [0, 0.1) is 0 Å². The van der Waals surface area contributed by atoms with Gasteiger partial charge in [0.2, 0.25) is 11.8 Å². The van der Waals surface area contributed by atoms with E-state index in [1.54, 1.807) is 0 Å². The topological polar surface area (TPSA) is 82.7 Å². The lowest BCUT2D eigenvalue weighted by Crippen LogP contribution is -2.41. The predicted molar refractivity (Wildman–Crippen MR) is 129 cm³/mol. The number of rotatable bonds is 9. The van der Waals surface area contributed by atoms with Crippen molar-refractivity contribution < 1.29 is 14.3 Å². The molecule has 2 amide bonds. The minimum absolute atomic E-state index is 0.0414. The zero-order valence-corrected chi connectivity index (χ0v) is 19.2. The summed E-state index contributed by atoms with van der Waals surface area (Å²) in [6, 6.07) is 14.9. The number of para-hydroxylation sites is 1. The number of ether oxygens (including phenoxy) is 1. The van der Waals surface area contributed by atoms with Gasteiger partial charge in [-0.15, -0.1) is 0 Å². The van der Waals surface area contributed by atoms with E-state index < -0.39 is 6.04 Å². The van der Waals surface area contributed by atoms with Gasteiger partial charge in [-0.3, -0.25) is 14.5 Å². The molecule has 32 heavy (non-hydrogen) atoms. The number of carbonyl (C=O) groups excluding carboxylic acids is 2. The average Bonchev–Trinajstić information content (AvgIpc) is 2.80. The molecule has 1 aliphatic rings. The van der Waals surface area contributed by atoms with Crippen molar-refractivity contribution >= 4 is 28.9 Å². The van der Waals surface area contributed by atoms with E-state index in [0.717, 1.165) is 42.1 Å². The Kier molecular flexibility index (Phi) is 8.64. The molecule has 3 N–H and O–H groups in total. The fraction of sp³-hybridized carbons (Fsp3) is 0.440. The van der Waals surface area contributed by atoms with Crippen LogP contribution in [0.2, 0.25) is 0 Å². The molecule has 0 saturated carbocycles. The molecule has 2 aromatic rings. The highest BCUT2D eigenvalue weighted by Crippen LogP contribution is 2.26. The van der Waals surface area contributed by atoms with Gasteiger partial charge in [0.1, 0.15) is 6.04 Å². The first-order valence-electron chi connectivity index (χ1n) is 11.3. The van der Waals surface area contributed by atoms with Gasteiger partial charge in [-0.1, -0.05) is 32.0 Å². The molecule has 3 rings (SSSR count). The van der Waals surface area contributed by atoms with Crippen LogP contribution in [-0.2, 0) is 14.3 Å². The van der Waals surface area contributed by atoms with Crippen LogP contribution in [0.4, 0.5) is 17.1 Å². The van der Waals surface area contributed by atoms with Crippen LogP contribution in [0.15, 0.2) is 48.5 Å². The van der Waals surface area contributed by atoms with Crippen LogP contribution in [-0.4, -0.2) is 55.6 Å². The second-order valence-corrected chi connectivity index (χ2v) is 8.27. The third kappa shape index (κ3) is 6.80. The number of amides is 2. The van der Waals surface area contributed by atoms with Crippen molar-refractivity contribution in [2.75, 3.05) is 48.8 Å². The highest BCUT2D eigenvalue weighted by Gasteiger charge is 2.17. The van der Waals surface area contributed by atoms with Gasteiger partial charge in [-0.05, 0) is 55.2 Å². The summed E-state index contributed by atoms with van der Waals surface area (Å²) in [5, 5.41) is 9.19. The average molecular weight is 439 g/mol. The molecule has 2 atom stereocenters. The number of morpholine rings is 1. The molecule has 0 bridgehead atoms. The normalized spacial score (nSPS) is 16.1. The second-order valence-electron chi connectivity index (χ2n) is 8.27. The van der Waals surface area contributed by atoms with Crippen molar-refractivity contribution in [2.45, 2.75) is 39.2 Å². The summed E-state index contributed by atoms with van der Waals surface area (Å²) in [5.41, 5.74) is 3.55. The second kappa shape index (κ2) is 11.6. The molecule has 1 saturated heterocycles. The molecule has 1 fully saturated rings. The van der Waals surface area contributed by atoms with Gasteiger partial charge < -0.3 is 20.7 Å². The van der Waals surface area contributed by atoms with Gasteiger partial charge in [-0.25, -0.2) is 0 Å². The number of nitrogens with one attached hydrogen (secondary N) is 3. The highest BCUT2D eigenvalue weighted by atomic mass is 16.5. The minimum Gasteiger partial charge on any atom is -0.379 e. The third-order valence-electron chi connectivity index (χ3n) is 5.78. The summed E-state index contributed by atoms with van der Waals surface area (Å²) in [6.07, 6.45) is 1.01. The first-order chi connectivity index (χ1) is 15.5. The Morgan fingerprint density at radius 3 is 2.31 bits per heavy atom. The van der Waals surface area contributed by atoms with Gasteiger partial charge in [0.25, 0.3) is 0 Å². The van der Waals surface area contributed by atoms with Crippen molar-refractivity contribution in [3.05, 3.63) is 54.1 Å². The Balaban J connectivity index is 1.51. The van der Waals surface area contributed by atoms with E-state index >= 15 is 0 Å². The highest BCUT2D eigenvalue weighted by molar-refractivity contribution is 5.97. The Labute approximate surface area is 190 Å². The van der Waals surface area contributed by atoms with Gasteiger partial charge in [0.05, 0.1) is 19.8 Å². The maximum atomic E-state index is 12.7. The lowest BCUT2D eigenvalue weighted by molar-refractivity contribution is -0.118. The number of nitrogens with zero attached hydrogens (tertiary/aromatic N) is 1. The molecule has 1 heterocycles. The molecule has 0 aromatic heterocycles. The number of carbonyl (C=O) groups is 2. The molecule has 1 aliphatic heterocycles. The zero-order chi connectivity index (χ0) is 22.9. The molecular weight excluding hydrogens is 404 g/mol. The van der Waals surface area contributed by atoms with Crippen molar-refractivity contribution in [1.29, 1.82) is 0 Å². The molecular formula is C25H34N4O3. The fourth-order valence-electron chi connectivity index (χ4n) is 3.63. The zero-order valence-electron chi connectivity index (χ0n) is 19.2. The van der Waals surface area contributed by atoms with E-state index in [-0.39, 0.29) is 11.8 Å². The molecule has 172 valence electrons.